The van der Waals surface area contributed by atoms with Crippen LogP contribution in [0.3, 0.4) is 0 Å². The van der Waals surface area contributed by atoms with E-state index in [1.54, 1.807) is 19.1 Å². The molecule has 0 aromatic heterocycles. The van der Waals surface area contributed by atoms with Crippen molar-refractivity contribution >= 4 is 44.8 Å². The van der Waals surface area contributed by atoms with E-state index in [-0.39, 0.29) is 41.0 Å². The number of piperidine rings is 1. The Morgan fingerprint density at radius 2 is 1.75 bits per heavy atom. The molecule has 1 fully saturated rings. The summed E-state index contributed by atoms with van der Waals surface area (Å²) in [7, 11) is -2.73. The smallest absolute Gasteiger partial charge is 0.265 e. The topological polar surface area (TPSA) is 92.8 Å². The van der Waals surface area contributed by atoms with E-state index in [0.29, 0.717) is 22.7 Å². The van der Waals surface area contributed by atoms with E-state index in [0.717, 1.165) is 4.90 Å². The molecule has 0 unspecified atom stereocenters. The number of imide groups is 1. The molecule has 148 valence electrons. The Hall–Kier alpha value is -2.58. The van der Waals surface area contributed by atoms with E-state index >= 15 is 0 Å². The molecule has 0 aliphatic carbocycles. The van der Waals surface area contributed by atoms with Gasteiger partial charge in [0.05, 0.1) is 18.5 Å². The number of sulfonamides is 1. The van der Waals surface area contributed by atoms with Gasteiger partial charge in [0.2, 0.25) is 11.8 Å². The van der Waals surface area contributed by atoms with Crippen LogP contribution in [0.5, 0.6) is 5.75 Å². The molecule has 1 heterocycles. The lowest BCUT2D eigenvalue weighted by Gasteiger charge is -2.25. The van der Waals surface area contributed by atoms with Gasteiger partial charge in [-0.1, -0.05) is 17.7 Å². The first-order valence-corrected chi connectivity index (χ1v) is 10.4. The van der Waals surface area contributed by atoms with Crippen molar-refractivity contribution in [2.75, 3.05) is 16.7 Å². The molecule has 2 amide bonds. The van der Waals surface area contributed by atoms with Crippen molar-refractivity contribution in [1.82, 2.24) is 0 Å². The fourth-order valence-electron chi connectivity index (χ4n) is 2.96. The molecule has 0 atom stereocenters. The van der Waals surface area contributed by atoms with Gasteiger partial charge in [-0.05, 0) is 49.2 Å². The predicted octanol–water partition coefficient (Wildman–Crippen LogP) is 3.50. The van der Waals surface area contributed by atoms with Crippen LogP contribution in [0.15, 0.2) is 41.3 Å². The van der Waals surface area contributed by atoms with Gasteiger partial charge in [-0.25, -0.2) is 8.42 Å². The molecule has 0 saturated carbocycles. The van der Waals surface area contributed by atoms with Gasteiger partial charge in [-0.15, -0.1) is 0 Å². The van der Waals surface area contributed by atoms with Crippen molar-refractivity contribution in [2.24, 2.45) is 0 Å². The van der Waals surface area contributed by atoms with Gasteiger partial charge in [0.15, 0.2) is 0 Å². The Kier molecular flexibility index (Phi) is 5.62. The minimum Gasteiger partial charge on any atom is -0.495 e. The molecule has 9 heteroatoms. The van der Waals surface area contributed by atoms with Crippen LogP contribution < -0.4 is 14.4 Å². The molecule has 1 aliphatic heterocycles. The van der Waals surface area contributed by atoms with Crippen LogP contribution in [0.25, 0.3) is 0 Å². The van der Waals surface area contributed by atoms with Gasteiger partial charge in [0.1, 0.15) is 10.6 Å². The first-order chi connectivity index (χ1) is 13.2. The quantitative estimate of drug-likeness (QED) is 0.744. The summed E-state index contributed by atoms with van der Waals surface area (Å²) in [6.07, 6.45) is 0.963. The largest absolute Gasteiger partial charge is 0.495 e. The van der Waals surface area contributed by atoms with Gasteiger partial charge in [0, 0.05) is 17.9 Å². The first-order valence-electron chi connectivity index (χ1n) is 8.56. The minimum atomic E-state index is -4.07. The number of anilines is 2. The van der Waals surface area contributed by atoms with Gasteiger partial charge >= 0.3 is 0 Å². The summed E-state index contributed by atoms with van der Waals surface area (Å²) < 4.78 is 33.7. The summed E-state index contributed by atoms with van der Waals surface area (Å²) >= 11 is 5.97. The zero-order valence-electron chi connectivity index (χ0n) is 15.4. The number of carbonyl (C=O) groups is 2. The summed E-state index contributed by atoms with van der Waals surface area (Å²) in [5.41, 5.74) is 1.20. The van der Waals surface area contributed by atoms with E-state index < -0.39 is 10.0 Å². The van der Waals surface area contributed by atoms with Crippen molar-refractivity contribution in [1.29, 1.82) is 0 Å². The number of amides is 2. The number of carbonyl (C=O) groups excluding carboxylic acids is 2. The number of hydrogen-bond acceptors (Lipinski definition) is 5. The summed E-state index contributed by atoms with van der Waals surface area (Å²) in [5.74, 6) is -0.625. The van der Waals surface area contributed by atoms with Crippen LogP contribution in [-0.4, -0.2) is 27.3 Å². The monoisotopic (exact) mass is 422 g/mol. The molecule has 1 aliphatic rings. The molecule has 7 nitrogen and oxygen atoms in total. The van der Waals surface area contributed by atoms with E-state index in [4.69, 9.17) is 16.3 Å². The Morgan fingerprint density at radius 1 is 1.07 bits per heavy atom. The molecule has 28 heavy (non-hydrogen) atoms. The molecular formula is C19H19ClN2O5S. The lowest BCUT2D eigenvalue weighted by atomic mass is 10.1. The van der Waals surface area contributed by atoms with Crippen LogP contribution in [0, 0.1) is 6.92 Å². The van der Waals surface area contributed by atoms with Crippen molar-refractivity contribution in [3.8, 4) is 5.75 Å². The molecular weight excluding hydrogens is 404 g/mol. The molecule has 0 radical (unpaired) electrons. The van der Waals surface area contributed by atoms with Crippen molar-refractivity contribution in [3.63, 3.8) is 0 Å². The molecule has 0 spiro atoms. The van der Waals surface area contributed by atoms with Crippen LogP contribution >= 0.6 is 11.6 Å². The van der Waals surface area contributed by atoms with E-state index in [1.807, 2.05) is 0 Å². The SMILES string of the molecule is COc1ccc(N2C(=O)CCCC2=O)cc1S(=O)(=O)Nc1cc(Cl)ccc1C. The normalized spacial score (nSPS) is 14.9. The van der Waals surface area contributed by atoms with Crippen molar-refractivity contribution < 1.29 is 22.7 Å². The Bertz CT molecular complexity index is 1040. The van der Waals surface area contributed by atoms with Gasteiger partial charge in [-0.3, -0.25) is 19.2 Å². The zero-order valence-corrected chi connectivity index (χ0v) is 16.9. The third-order valence-corrected chi connectivity index (χ3v) is 6.04. The molecule has 1 saturated heterocycles. The molecule has 1 N–H and O–H groups in total. The number of aryl methyl sites for hydroxylation is 1. The second-order valence-electron chi connectivity index (χ2n) is 6.38. The Morgan fingerprint density at radius 3 is 2.39 bits per heavy atom. The summed E-state index contributed by atoms with van der Waals surface area (Å²) in [4.78, 5) is 25.2. The third kappa shape index (κ3) is 3.98. The summed E-state index contributed by atoms with van der Waals surface area (Å²) in [5, 5.41) is 0.383. The van der Waals surface area contributed by atoms with Crippen LogP contribution in [0.1, 0.15) is 24.8 Å². The second kappa shape index (κ2) is 7.81. The van der Waals surface area contributed by atoms with E-state index in [2.05, 4.69) is 4.72 Å². The Labute approximate surface area is 168 Å². The van der Waals surface area contributed by atoms with Gasteiger partial charge in [0.25, 0.3) is 10.0 Å². The standard InChI is InChI=1S/C19H19ClN2O5S/c1-12-6-7-13(20)10-15(12)21-28(25,26)17-11-14(8-9-16(17)27-2)22-18(23)4-3-5-19(22)24/h6-11,21H,3-5H2,1-2H3. The average molecular weight is 423 g/mol. The third-order valence-electron chi connectivity index (χ3n) is 4.42. The highest BCUT2D eigenvalue weighted by Crippen LogP contribution is 2.33. The minimum absolute atomic E-state index is 0.0906. The average Bonchev–Trinajstić information content (AvgIpc) is 2.64. The second-order valence-corrected chi connectivity index (χ2v) is 8.46. The van der Waals surface area contributed by atoms with Crippen molar-refractivity contribution in [3.05, 3.63) is 47.0 Å². The molecule has 3 rings (SSSR count). The van der Waals surface area contributed by atoms with E-state index in [9.17, 15) is 18.0 Å². The number of methoxy groups -OCH3 is 1. The summed E-state index contributed by atoms with van der Waals surface area (Å²) in [6.45, 7) is 1.74. The van der Waals surface area contributed by atoms with Crippen LogP contribution in [-0.2, 0) is 19.6 Å². The molecule has 2 aromatic carbocycles. The number of ether oxygens (including phenoxy) is 1. The van der Waals surface area contributed by atoms with Crippen molar-refractivity contribution in [2.45, 2.75) is 31.1 Å². The lowest BCUT2D eigenvalue weighted by Crippen LogP contribution is -2.40. The number of nitrogens with one attached hydrogen (secondary N) is 1. The number of halogens is 1. The maximum atomic E-state index is 13.0. The lowest BCUT2D eigenvalue weighted by molar-refractivity contribution is -0.129. The van der Waals surface area contributed by atoms with Gasteiger partial charge in [-0.2, -0.15) is 0 Å². The van der Waals surface area contributed by atoms with Crippen LogP contribution in [0.4, 0.5) is 11.4 Å². The maximum Gasteiger partial charge on any atom is 0.265 e. The fraction of sp³-hybridized carbons (Fsp3) is 0.263. The highest BCUT2D eigenvalue weighted by molar-refractivity contribution is 7.92. The van der Waals surface area contributed by atoms with Gasteiger partial charge < -0.3 is 4.74 Å². The number of hydrogen-bond donors (Lipinski definition) is 1. The maximum absolute atomic E-state index is 13.0. The molecule has 2 aromatic rings. The van der Waals surface area contributed by atoms with Crippen LogP contribution in [0.2, 0.25) is 5.02 Å². The Balaban J connectivity index is 2.05. The number of benzene rings is 2. The highest BCUT2D eigenvalue weighted by atomic mass is 35.5. The fourth-order valence-corrected chi connectivity index (χ4v) is 4.44. The first kappa shape index (κ1) is 20.2. The van der Waals surface area contributed by atoms with E-state index in [1.165, 1.54) is 31.4 Å². The highest BCUT2D eigenvalue weighted by Gasteiger charge is 2.30. The number of nitrogens with zero attached hydrogens (tertiary/aromatic N) is 1. The summed E-state index contributed by atoms with van der Waals surface area (Å²) in [6, 6.07) is 9.03. The predicted molar refractivity (Wildman–Crippen MR) is 106 cm³/mol. The number of rotatable bonds is 5. The molecule has 0 bridgehead atoms. The zero-order chi connectivity index (χ0) is 20.5.